The molecule has 2 aromatic carbocycles. The van der Waals surface area contributed by atoms with Crippen molar-refractivity contribution in [2.45, 2.75) is 269 Å². The molecule has 0 bridgehead atoms. The molecule has 0 N–H and O–H groups in total. The summed E-state index contributed by atoms with van der Waals surface area (Å²) in [6.07, 6.45) is 56.2. The van der Waals surface area contributed by atoms with Crippen LogP contribution in [-0.2, 0) is 39.2 Å². The minimum absolute atomic E-state index is 0. The Morgan fingerprint density at radius 2 is 0.518 bits per heavy atom. The maximum Gasteiger partial charge on any atom is 2.00 e. The van der Waals surface area contributed by atoms with Crippen molar-refractivity contribution in [1.82, 2.24) is 0 Å². The summed E-state index contributed by atoms with van der Waals surface area (Å²) >= 11 is 0. The van der Waals surface area contributed by atoms with Crippen molar-refractivity contribution in [1.29, 1.82) is 0 Å². The van der Waals surface area contributed by atoms with Gasteiger partial charge in [-0.15, -0.1) is 0 Å². The van der Waals surface area contributed by atoms with E-state index in [1.54, 1.807) is 0 Å². The molecule has 0 saturated carbocycles. The quantitative estimate of drug-likeness (QED) is 0.0150. The Morgan fingerprint density at radius 1 is 0.318 bits per heavy atom. The predicted molar refractivity (Wildman–Crippen MR) is 341 cm³/mol. The molecule has 0 amide bonds. The smallest absolute Gasteiger partial charge is 0.744 e. The number of carbonyl (C=O) groups is 4. The van der Waals surface area contributed by atoms with Crippen LogP contribution in [0, 0.1) is 0 Å². The Kier molecular flexibility index (Phi) is 52.2. The van der Waals surface area contributed by atoms with Gasteiger partial charge in [0.05, 0.1) is 58.5 Å². The van der Waals surface area contributed by atoms with Gasteiger partial charge in [-0.1, -0.05) is 153 Å². The zero-order chi connectivity index (χ0) is 61.8. The fraction of sp³-hybridized carbons (Fsp3) is 0.647. The van der Waals surface area contributed by atoms with Crippen molar-refractivity contribution in [2.75, 3.05) is 26.4 Å². The average Bonchev–Trinajstić information content (AvgIpc) is 3.68. The van der Waals surface area contributed by atoms with Crippen LogP contribution in [-0.4, -0.2) is 114 Å². The largest absolute Gasteiger partial charge is 2.00 e. The molecule has 85 heavy (non-hydrogen) atoms. The second-order valence-electron chi connectivity index (χ2n) is 21.5. The second kappa shape index (κ2) is 54.5. The van der Waals surface area contributed by atoms with E-state index in [1.807, 2.05) is 0 Å². The summed E-state index contributed by atoms with van der Waals surface area (Å²) in [6.45, 7) is 9.45. The third kappa shape index (κ3) is 43.6. The van der Waals surface area contributed by atoms with Crippen LogP contribution in [0.2, 0.25) is 0 Å². The zero-order valence-corrected chi connectivity index (χ0v) is 56.4. The molecular formula is C68H106CaO14S2. The fourth-order valence-corrected chi connectivity index (χ4v) is 9.88. The van der Waals surface area contributed by atoms with E-state index in [1.165, 1.54) is 103 Å². The minimum atomic E-state index is -4.81. The molecule has 2 rings (SSSR count). The van der Waals surface area contributed by atoms with E-state index in [0.717, 1.165) is 139 Å². The number of allylic oxidation sites excluding steroid dienone is 8. The van der Waals surface area contributed by atoms with Gasteiger partial charge in [0.1, 0.15) is 20.2 Å². The van der Waals surface area contributed by atoms with Gasteiger partial charge in [-0.25, -0.2) is 36.0 Å². The number of hydrogen-bond acceptors (Lipinski definition) is 14. The van der Waals surface area contributed by atoms with E-state index < -0.39 is 53.9 Å². The third-order valence-electron chi connectivity index (χ3n) is 14.0. The van der Waals surface area contributed by atoms with E-state index in [4.69, 9.17) is 18.9 Å². The van der Waals surface area contributed by atoms with Gasteiger partial charge in [0.25, 0.3) is 0 Å². The third-order valence-corrected chi connectivity index (χ3v) is 15.7. The fourth-order valence-electron chi connectivity index (χ4n) is 8.88. The van der Waals surface area contributed by atoms with Crippen molar-refractivity contribution in [3.05, 3.63) is 107 Å². The van der Waals surface area contributed by atoms with Gasteiger partial charge in [-0.2, -0.15) is 0 Å². The molecule has 476 valence electrons. The van der Waals surface area contributed by atoms with Crippen LogP contribution in [0.4, 0.5) is 0 Å². The first-order chi connectivity index (χ1) is 40.6. The van der Waals surface area contributed by atoms with Crippen molar-refractivity contribution < 1.29 is 64.1 Å². The van der Waals surface area contributed by atoms with Gasteiger partial charge >= 0.3 is 61.6 Å². The van der Waals surface area contributed by atoms with Gasteiger partial charge in [-0.05, 0) is 190 Å². The van der Waals surface area contributed by atoms with Gasteiger partial charge < -0.3 is 28.1 Å². The molecule has 0 aliphatic heterocycles. The average molecular weight is 1250 g/mol. The molecule has 0 fully saturated rings. The zero-order valence-electron chi connectivity index (χ0n) is 52.6. The molecule has 0 aliphatic carbocycles. The Balaban J connectivity index is 0.00000164. The summed E-state index contributed by atoms with van der Waals surface area (Å²) in [5.74, 6) is -3.18. The predicted octanol–water partition coefficient (Wildman–Crippen LogP) is 17.8. The first-order valence-corrected chi connectivity index (χ1v) is 34.9. The molecule has 17 heteroatoms. The summed E-state index contributed by atoms with van der Waals surface area (Å²) in [5, 5.41) is 0. The number of benzene rings is 2. The molecule has 0 atom stereocenters. The van der Waals surface area contributed by atoms with Gasteiger partial charge in [-0.3, -0.25) is 0 Å². The maximum atomic E-state index is 12.8. The van der Waals surface area contributed by atoms with Gasteiger partial charge in [0.2, 0.25) is 0 Å². The number of rotatable bonds is 50. The Bertz CT molecular complexity index is 2260. The molecule has 0 spiro atoms. The molecule has 14 nitrogen and oxygen atoms in total. The topological polar surface area (TPSA) is 220 Å². The number of hydrogen-bond donors (Lipinski definition) is 0. The molecule has 0 unspecified atom stereocenters. The first-order valence-electron chi connectivity index (χ1n) is 32.1. The molecule has 0 aromatic heterocycles. The number of esters is 4. The van der Waals surface area contributed by atoms with Crippen molar-refractivity contribution in [3.63, 3.8) is 0 Å². The number of unbranched alkanes of at least 4 members (excludes halogenated alkanes) is 28. The Hall–Kier alpha value is -3.64. The van der Waals surface area contributed by atoms with Crippen molar-refractivity contribution in [3.8, 4) is 0 Å². The van der Waals surface area contributed by atoms with E-state index in [9.17, 15) is 45.1 Å². The first kappa shape index (κ1) is 81.4. The van der Waals surface area contributed by atoms with E-state index in [2.05, 4.69) is 76.3 Å². The molecule has 2 aromatic rings. The monoisotopic (exact) mass is 1250 g/mol. The van der Waals surface area contributed by atoms with Crippen LogP contribution in [0.5, 0.6) is 0 Å². The van der Waals surface area contributed by atoms with Crippen LogP contribution in [0.25, 0.3) is 0 Å². The maximum absolute atomic E-state index is 12.8. The van der Waals surface area contributed by atoms with Crippen LogP contribution in [0.15, 0.2) is 94.8 Å². The van der Waals surface area contributed by atoms with Gasteiger partial charge in [0, 0.05) is 0 Å². The molecular weight excluding hydrogens is 1140 g/mol. The summed E-state index contributed by atoms with van der Waals surface area (Å²) < 4.78 is 90.5. The summed E-state index contributed by atoms with van der Waals surface area (Å²) in [7, 11) is -9.62. The van der Waals surface area contributed by atoms with Crippen LogP contribution >= 0.6 is 0 Å². The number of carbonyl (C=O) groups excluding carboxylic acids is 4. The Labute approximate surface area is 544 Å². The van der Waals surface area contributed by atoms with Gasteiger partial charge in [0.15, 0.2) is 0 Å². The van der Waals surface area contributed by atoms with E-state index in [0.29, 0.717) is 25.7 Å². The number of ether oxygens (including phenoxy) is 4. The summed E-state index contributed by atoms with van der Waals surface area (Å²) in [5.41, 5.74) is -0.760. The summed E-state index contributed by atoms with van der Waals surface area (Å²) in [6, 6.07) is 6.12. The van der Waals surface area contributed by atoms with Crippen LogP contribution in [0.1, 0.15) is 300 Å². The molecule has 0 heterocycles. The minimum Gasteiger partial charge on any atom is -0.744 e. The van der Waals surface area contributed by atoms with Crippen molar-refractivity contribution in [2.24, 2.45) is 0 Å². The van der Waals surface area contributed by atoms with Crippen molar-refractivity contribution >= 4 is 81.9 Å². The molecule has 0 radical (unpaired) electrons. The summed E-state index contributed by atoms with van der Waals surface area (Å²) in [4.78, 5) is 49.8. The van der Waals surface area contributed by atoms with E-state index >= 15 is 0 Å². The second-order valence-corrected chi connectivity index (χ2v) is 24.3. The van der Waals surface area contributed by atoms with Crippen LogP contribution in [0.3, 0.4) is 0 Å². The Morgan fingerprint density at radius 3 is 0.718 bits per heavy atom. The normalized spacial score (nSPS) is 11.7. The standard InChI is InChI=1S/2C34H54O7S.Ca/c2*1-3-5-7-9-11-13-15-17-19-21-23-27-40-33(35)31-26-25-30(42(37,38)39)29-32(31)34(36)41-28-24-22-20-18-16-14-12-10-8-6-4-2;/h2*13-16,25-26,29H,3-12,17-24,27-28H2,1-2H3,(H,37,38,39);/q;;+2/p-2/b2*15-13+,16-14+;. The molecule has 0 saturated heterocycles. The SMILES string of the molecule is CCCCCC/C=C/CCCCCOC(=O)c1ccc(S(=O)(=O)[O-])cc1C(=O)OCCCCC/C=C/CCCCCC.CCCCCC/C=C/CCCCCOC(=O)c1ccc(S(=O)(=O)[O-])cc1C(=O)OCCCCC/C=C/CCCCCC.[Ca+2]. The van der Waals surface area contributed by atoms with Crippen LogP contribution < -0.4 is 0 Å². The van der Waals surface area contributed by atoms with E-state index in [-0.39, 0.29) is 86.4 Å². The molecule has 0 aliphatic rings.